The molecule has 1 amide bonds. The summed E-state index contributed by atoms with van der Waals surface area (Å²) in [5.74, 6) is 2.30. The third kappa shape index (κ3) is 5.39. The Labute approximate surface area is 166 Å². The van der Waals surface area contributed by atoms with E-state index in [1.165, 1.54) is 0 Å². The predicted molar refractivity (Wildman–Crippen MR) is 109 cm³/mol. The highest BCUT2D eigenvalue weighted by molar-refractivity contribution is 5.92. The molecular weight excluding hydrogens is 356 g/mol. The lowest BCUT2D eigenvalue weighted by Crippen LogP contribution is -2.34. The fraction of sp³-hybridized carbons (Fsp3) is 0.409. The van der Waals surface area contributed by atoms with Crippen molar-refractivity contribution in [3.63, 3.8) is 0 Å². The van der Waals surface area contributed by atoms with E-state index < -0.39 is 0 Å². The fourth-order valence-corrected chi connectivity index (χ4v) is 3.14. The van der Waals surface area contributed by atoms with E-state index in [0.717, 1.165) is 41.3 Å². The van der Waals surface area contributed by atoms with Crippen LogP contribution in [-0.4, -0.2) is 44.2 Å². The Morgan fingerprint density at radius 1 is 1.07 bits per heavy atom. The van der Waals surface area contributed by atoms with Gasteiger partial charge in [-0.15, -0.1) is 0 Å². The summed E-state index contributed by atoms with van der Waals surface area (Å²) in [6.07, 6.45) is 2.24. The number of amides is 1. The van der Waals surface area contributed by atoms with Crippen molar-refractivity contribution < 1.29 is 19.0 Å². The molecule has 2 aromatic rings. The third-order valence-electron chi connectivity index (χ3n) is 4.73. The average molecular weight is 384 g/mol. The number of rotatable bonds is 10. The molecule has 0 radical (unpaired) electrons. The molecule has 1 aliphatic carbocycles. The van der Waals surface area contributed by atoms with Crippen molar-refractivity contribution in [1.82, 2.24) is 4.90 Å². The monoisotopic (exact) mass is 384 g/mol. The average Bonchev–Trinajstić information content (AvgIpc) is 3.54. The molecular formula is C22H28N2O4. The Balaban J connectivity index is 1.62. The summed E-state index contributed by atoms with van der Waals surface area (Å²) in [7, 11) is 3.29. The van der Waals surface area contributed by atoms with Crippen LogP contribution in [0.5, 0.6) is 17.2 Å². The van der Waals surface area contributed by atoms with Gasteiger partial charge in [0, 0.05) is 29.9 Å². The van der Waals surface area contributed by atoms with Gasteiger partial charge in [0.05, 0.1) is 27.4 Å². The molecule has 1 saturated carbocycles. The molecule has 0 unspecified atom stereocenters. The maximum absolute atomic E-state index is 12.6. The number of ether oxygens (including phenoxy) is 3. The molecule has 3 rings (SSSR count). The number of anilines is 1. The van der Waals surface area contributed by atoms with Crippen molar-refractivity contribution in [2.24, 2.45) is 0 Å². The molecule has 0 aliphatic heterocycles. The molecule has 0 atom stereocenters. The van der Waals surface area contributed by atoms with Gasteiger partial charge in [0.2, 0.25) is 5.91 Å². The Hall–Kier alpha value is -2.73. The zero-order valence-electron chi connectivity index (χ0n) is 16.7. The predicted octanol–water partition coefficient (Wildman–Crippen LogP) is 3.71. The van der Waals surface area contributed by atoms with Crippen LogP contribution in [0, 0.1) is 0 Å². The largest absolute Gasteiger partial charge is 0.497 e. The number of nitrogens with zero attached hydrogens (tertiary/aromatic N) is 1. The van der Waals surface area contributed by atoms with Crippen LogP contribution in [-0.2, 0) is 11.3 Å². The van der Waals surface area contributed by atoms with Gasteiger partial charge in [-0.25, -0.2) is 0 Å². The molecule has 0 heterocycles. The van der Waals surface area contributed by atoms with Crippen molar-refractivity contribution in [1.29, 1.82) is 0 Å². The second-order valence-corrected chi connectivity index (χ2v) is 6.82. The number of hydrogen-bond acceptors (Lipinski definition) is 5. The van der Waals surface area contributed by atoms with Gasteiger partial charge in [-0.05, 0) is 50.1 Å². The van der Waals surface area contributed by atoms with Gasteiger partial charge in [0.25, 0.3) is 0 Å². The van der Waals surface area contributed by atoms with Crippen LogP contribution < -0.4 is 19.5 Å². The van der Waals surface area contributed by atoms with E-state index in [2.05, 4.69) is 10.2 Å². The first-order valence-corrected chi connectivity index (χ1v) is 9.60. The lowest BCUT2D eigenvalue weighted by Gasteiger charge is -2.23. The minimum Gasteiger partial charge on any atom is -0.497 e. The SMILES string of the molecule is CCOc1ccc(NC(=O)CN(Cc2ccc(OC)cc2OC)C2CC2)cc1. The molecule has 1 N–H and O–H groups in total. The van der Waals surface area contributed by atoms with Gasteiger partial charge >= 0.3 is 0 Å². The molecule has 1 aliphatic rings. The number of hydrogen-bond donors (Lipinski definition) is 1. The topological polar surface area (TPSA) is 60.0 Å². The third-order valence-corrected chi connectivity index (χ3v) is 4.73. The summed E-state index contributed by atoms with van der Waals surface area (Å²) in [4.78, 5) is 14.8. The van der Waals surface area contributed by atoms with E-state index in [9.17, 15) is 4.79 Å². The molecule has 28 heavy (non-hydrogen) atoms. The summed E-state index contributed by atoms with van der Waals surface area (Å²) in [6.45, 7) is 3.57. The van der Waals surface area contributed by atoms with E-state index in [0.29, 0.717) is 25.7 Å². The summed E-state index contributed by atoms with van der Waals surface area (Å²) >= 11 is 0. The zero-order valence-corrected chi connectivity index (χ0v) is 16.7. The molecule has 0 saturated heterocycles. The molecule has 6 heteroatoms. The van der Waals surface area contributed by atoms with Crippen molar-refractivity contribution in [3.05, 3.63) is 48.0 Å². The Morgan fingerprint density at radius 2 is 1.79 bits per heavy atom. The number of carbonyl (C=O) groups excluding carboxylic acids is 1. The first-order chi connectivity index (χ1) is 13.6. The highest BCUT2D eigenvalue weighted by Crippen LogP contribution is 2.31. The van der Waals surface area contributed by atoms with E-state index >= 15 is 0 Å². The lowest BCUT2D eigenvalue weighted by molar-refractivity contribution is -0.117. The first-order valence-electron chi connectivity index (χ1n) is 9.60. The zero-order chi connectivity index (χ0) is 19.9. The quantitative estimate of drug-likeness (QED) is 0.677. The molecule has 0 bridgehead atoms. The normalized spacial score (nSPS) is 13.3. The minimum absolute atomic E-state index is 0.0245. The maximum atomic E-state index is 12.6. The van der Waals surface area contributed by atoms with E-state index in [1.807, 2.05) is 49.4 Å². The number of benzene rings is 2. The fourth-order valence-electron chi connectivity index (χ4n) is 3.14. The van der Waals surface area contributed by atoms with Gasteiger partial charge in [-0.2, -0.15) is 0 Å². The van der Waals surface area contributed by atoms with Crippen LogP contribution >= 0.6 is 0 Å². The van der Waals surface area contributed by atoms with Crippen LogP contribution in [0.2, 0.25) is 0 Å². The van der Waals surface area contributed by atoms with Crippen molar-refractivity contribution in [2.75, 3.05) is 32.7 Å². The number of nitrogens with one attached hydrogen (secondary N) is 1. The van der Waals surface area contributed by atoms with Gasteiger partial charge in [0.15, 0.2) is 0 Å². The summed E-state index contributed by atoms with van der Waals surface area (Å²) in [5.41, 5.74) is 1.82. The highest BCUT2D eigenvalue weighted by Gasteiger charge is 2.31. The lowest BCUT2D eigenvalue weighted by atomic mass is 10.1. The molecule has 0 spiro atoms. The second-order valence-electron chi connectivity index (χ2n) is 6.82. The van der Waals surface area contributed by atoms with Crippen LogP contribution in [0.15, 0.2) is 42.5 Å². The molecule has 6 nitrogen and oxygen atoms in total. The van der Waals surface area contributed by atoms with Crippen molar-refractivity contribution >= 4 is 11.6 Å². The van der Waals surface area contributed by atoms with Gasteiger partial charge < -0.3 is 19.5 Å². The second kappa shape index (κ2) is 9.46. The standard InChI is InChI=1S/C22H28N2O4/c1-4-28-19-11-6-17(7-12-19)23-22(25)15-24(18-8-9-18)14-16-5-10-20(26-2)13-21(16)27-3/h5-7,10-13,18H,4,8-9,14-15H2,1-3H3,(H,23,25). The van der Waals surface area contributed by atoms with Gasteiger partial charge in [0.1, 0.15) is 17.2 Å². The Kier molecular flexibility index (Phi) is 6.76. The van der Waals surface area contributed by atoms with Gasteiger partial charge in [-0.1, -0.05) is 6.07 Å². The minimum atomic E-state index is -0.0245. The molecule has 2 aromatic carbocycles. The van der Waals surface area contributed by atoms with Crippen LogP contribution in [0.3, 0.4) is 0 Å². The number of carbonyl (C=O) groups is 1. The Morgan fingerprint density at radius 3 is 2.39 bits per heavy atom. The smallest absolute Gasteiger partial charge is 0.238 e. The molecule has 150 valence electrons. The van der Waals surface area contributed by atoms with Crippen LogP contribution in [0.4, 0.5) is 5.69 Å². The van der Waals surface area contributed by atoms with Crippen molar-refractivity contribution in [2.45, 2.75) is 32.4 Å². The van der Waals surface area contributed by atoms with E-state index in [1.54, 1.807) is 14.2 Å². The number of methoxy groups -OCH3 is 2. The van der Waals surface area contributed by atoms with Gasteiger partial charge in [-0.3, -0.25) is 9.69 Å². The Bertz CT molecular complexity index is 788. The highest BCUT2D eigenvalue weighted by atomic mass is 16.5. The molecule has 0 aromatic heterocycles. The van der Waals surface area contributed by atoms with E-state index in [-0.39, 0.29) is 5.91 Å². The van der Waals surface area contributed by atoms with Crippen LogP contribution in [0.25, 0.3) is 0 Å². The maximum Gasteiger partial charge on any atom is 0.238 e. The molecule has 1 fully saturated rings. The van der Waals surface area contributed by atoms with E-state index in [4.69, 9.17) is 14.2 Å². The summed E-state index contributed by atoms with van der Waals surface area (Å²) < 4.78 is 16.2. The van der Waals surface area contributed by atoms with Crippen LogP contribution in [0.1, 0.15) is 25.3 Å². The first kappa shape index (κ1) is 20.0. The van der Waals surface area contributed by atoms with Crippen molar-refractivity contribution in [3.8, 4) is 17.2 Å². The summed E-state index contributed by atoms with van der Waals surface area (Å²) in [5, 5.41) is 2.97. The summed E-state index contributed by atoms with van der Waals surface area (Å²) in [6, 6.07) is 13.7.